The predicted molar refractivity (Wildman–Crippen MR) is 135 cm³/mol. The fourth-order valence-corrected chi connectivity index (χ4v) is 5.41. The highest BCUT2D eigenvalue weighted by Crippen LogP contribution is 2.32. The quantitative estimate of drug-likeness (QED) is 0.312. The minimum atomic E-state index is -0.106. The summed E-state index contributed by atoms with van der Waals surface area (Å²) in [5.74, 6) is 1.05. The summed E-state index contributed by atoms with van der Waals surface area (Å²) in [5, 5.41) is 6.52. The van der Waals surface area contributed by atoms with Gasteiger partial charge in [0.15, 0.2) is 0 Å². The topological polar surface area (TPSA) is 52.2 Å². The van der Waals surface area contributed by atoms with Crippen molar-refractivity contribution in [1.82, 2.24) is 14.2 Å². The summed E-state index contributed by atoms with van der Waals surface area (Å²) in [7, 11) is 0. The van der Waals surface area contributed by atoms with Gasteiger partial charge in [-0.15, -0.1) is 0 Å². The van der Waals surface area contributed by atoms with Gasteiger partial charge in [0.2, 0.25) is 0 Å². The summed E-state index contributed by atoms with van der Waals surface area (Å²) in [6.45, 7) is 5.15. The average molecular weight is 491 g/mol. The monoisotopic (exact) mass is 490 g/mol. The van der Waals surface area contributed by atoms with E-state index in [0.717, 1.165) is 51.8 Å². The van der Waals surface area contributed by atoms with Gasteiger partial charge in [-0.3, -0.25) is 4.79 Å². The van der Waals surface area contributed by atoms with Gasteiger partial charge in [0.25, 0.3) is 5.56 Å². The highest BCUT2D eigenvalue weighted by molar-refractivity contribution is 9.10. The number of nitrogens with zero attached hydrogens (tertiary/aromatic N) is 4. The van der Waals surface area contributed by atoms with Crippen molar-refractivity contribution in [3.8, 4) is 0 Å². The van der Waals surface area contributed by atoms with Crippen LogP contribution in [0, 0.1) is 6.92 Å². The zero-order valence-electron chi connectivity index (χ0n) is 18.5. The van der Waals surface area contributed by atoms with E-state index in [1.807, 2.05) is 30.5 Å². The number of benzene rings is 2. The van der Waals surface area contributed by atoms with Crippen LogP contribution < -0.4 is 5.56 Å². The fourth-order valence-electron chi connectivity index (χ4n) is 5.05. The molecule has 0 saturated heterocycles. The fraction of sp³-hybridized carbons (Fsp3) is 0.346. The maximum Gasteiger partial charge on any atom is 0.282 e. The van der Waals surface area contributed by atoms with Gasteiger partial charge in [0, 0.05) is 39.1 Å². The van der Waals surface area contributed by atoms with Gasteiger partial charge in [0.1, 0.15) is 5.82 Å². The van der Waals surface area contributed by atoms with E-state index in [-0.39, 0.29) is 11.5 Å². The van der Waals surface area contributed by atoms with Crippen LogP contribution in [0.4, 0.5) is 0 Å². The molecule has 0 amide bonds. The Balaban J connectivity index is 1.71. The lowest BCUT2D eigenvalue weighted by molar-refractivity contribution is 0.416. The Kier molecular flexibility index (Phi) is 5.72. The van der Waals surface area contributed by atoms with Crippen LogP contribution in [0.5, 0.6) is 0 Å². The van der Waals surface area contributed by atoms with E-state index in [1.54, 1.807) is 4.68 Å². The molecular weight excluding hydrogens is 464 g/mol. The molecular formula is C26H27BrN4O. The molecule has 2 heterocycles. The smallest absolute Gasteiger partial charge is 0.282 e. The molecule has 32 heavy (non-hydrogen) atoms. The van der Waals surface area contributed by atoms with Crippen LogP contribution in [0.2, 0.25) is 0 Å². The first kappa shape index (κ1) is 21.1. The van der Waals surface area contributed by atoms with Gasteiger partial charge in [-0.05, 0) is 51.0 Å². The second-order valence-corrected chi connectivity index (χ2v) is 9.50. The lowest BCUT2D eigenvalue weighted by Crippen LogP contribution is -2.25. The zero-order chi connectivity index (χ0) is 22.2. The number of hydrogen-bond donors (Lipinski definition) is 0. The second-order valence-electron chi connectivity index (χ2n) is 8.59. The summed E-state index contributed by atoms with van der Waals surface area (Å²) in [5.41, 5.74) is 4.03. The highest BCUT2D eigenvalue weighted by atomic mass is 79.9. The molecule has 0 spiro atoms. The van der Waals surface area contributed by atoms with E-state index in [4.69, 9.17) is 10.1 Å². The minimum Gasteiger partial charge on any atom is -0.344 e. The van der Waals surface area contributed by atoms with Crippen LogP contribution in [0.1, 0.15) is 62.0 Å². The third-order valence-corrected chi connectivity index (χ3v) is 7.20. The van der Waals surface area contributed by atoms with Crippen molar-refractivity contribution in [3.05, 3.63) is 74.4 Å². The maximum absolute atomic E-state index is 13.6. The van der Waals surface area contributed by atoms with E-state index in [9.17, 15) is 4.79 Å². The Labute approximate surface area is 195 Å². The summed E-state index contributed by atoms with van der Waals surface area (Å²) >= 11 is 3.49. The van der Waals surface area contributed by atoms with E-state index in [2.05, 4.69) is 52.5 Å². The molecule has 5 nitrogen and oxygen atoms in total. The summed E-state index contributed by atoms with van der Waals surface area (Å²) < 4.78 is 4.71. The molecule has 4 aromatic rings. The number of rotatable bonds is 4. The molecule has 0 bridgehead atoms. The van der Waals surface area contributed by atoms with Crippen molar-refractivity contribution in [1.29, 1.82) is 0 Å². The molecule has 1 aliphatic rings. The van der Waals surface area contributed by atoms with Crippen molar-refractivity contribution in [2.24, 2.45) is 5.10 Å². The number of hydrogen-bond acceptors (Lipinski definition) is 3. The van der Waals surface area contributed by atoms with E-state index < -0.39 is 0 Å². The Bertz CT molecular complexity index is 1390. The number of halogens is 1. The van der Waals surface area contributed by atoms with E-state index in [1.165, 1.54) is 24.8 Å². The Morgan fingerprint density at radius 1 is 1.12 bits per heavy atom. The molecule has 2 aromatic carbocycles. The summed E-state index contributed by atoms with van der Waals surface area (Å²) in [4.78, 5) is 18.5. The van der Waals surface area contributed by atoms with Crippen molar-refractivity contribution in [3.63, 3.8) is 0 Å². The average Bonchev–Trinajstić information content (AvgIpc) is 3.09. The molecule has 5 rings (SSSR count). The van der Waals surface area contributed by atoms with Gasteiger partial charge < -0.3 is 4.57 Å². The molecule has 0 N–H and O–H groups in total. The first-order chi connectivity index (χ1) is 15.6. The van der Waals surface area contributed by atoms with Crippen LogP contribution >= 0.6 is 15.9 Å². The zero-order valence-corrected chi connectivity index (χ0v) is 20.1. The van der Waals surface area contributed by atoms with Crippen LogP contribution in [0.3, 0.4) is 0 Å². The van der Waals surface area contributed by atoms with Gasteiger partial charge >= 0.3 is 0 Å². The van der Waals surface area contributed by atoms with Gasteiger partial charge in [0.05, 0.1) is 17.1 Å². The molecule has 0 radical (unpaired) electrons. The van der Waals surface area contributed by atoms with Crippen LogP contribution in [-0.2, 0) is 6.54 Å². The molecule has 2 aromatic heterocycles. The molecule has 1 aliphatic carbocycles. The van der Waals surface area contributed by atoms with Crippen molar-refractivity contribution in [2.75, 3.05) is 0 Å². The second kappa shape index (κ2) is 8.66. The molecule has 1 saturated carbocycles. The normalized spacial score (nSPS) is 15.3. The molecule has 0 unspecified atom stereocenters. The van der Waals surface area contributed by atoms with Gasteiger partial charge in [-0.1, -0.05) is 53.4 Å². The number of fused-ring (bicyclic) bond motifs is 2. The SMILES string of the molecule is CCn1c(C)c(C=Nn2c(C3CCCCC3)nc3ccc(Br)cc3c2=O)c2ccccc21. The maximum atomic E-state index is 13.6. The standard InChI is InChI=1S/C26H27BrN4O/c1-3-30-17(2)22(20-11-7-8-12-24(20)30)16-28-31-25(18-9-5-4-6-10-18)29-23-14-13-19(27)15-21(23)26(31)32/h7-8,11-16,18H,3-6,9-10H2,1-2H3. The first-order valence-electron chi connectivity index (χ1n) is 11.4. The largest absolute Gasteiger partial charge is 0.344 e. The van der Waals surface area contributed by atoms with E-state index >= 15 is 0 Å². The van der Waals surface area contributed by atoms with Crippen molar-refractivity contribution in [2.45, 2.75) is 58.4 Å². The van der Waals surface area contributed by atoms with Crippen molar-refractivity contribution < 1.29 is 0 Å². The van der Waals surface area contributed by atoms with Gasteiger partial charge in [-0.2, -0.15) is 9.78 Å². The lowest BCUT2D eigenvalue weighted by atomic mass is 9.88. The predicted octanol–water partition coefficient (Wildman–Crippen LogP) is 6.37. The van der Waals surface area contributed by atoms with Crippen molar-refractivity contribution >= 4 is 44.0 Å². The van der Waals surface area contributed by atoms with Gasteiger partial charge in [-0.25, -0.2) is 4.98 Å². The highest BCUT2D eigenvalue weighted by Gasteiger charge is 2.22. The number of para-hydroxylation sites is 1. The lowest BCUT2D eigenvalue weighted by Gasteiger charge is -2.22. The third kappa shape index (κ3) is 3.60. The minimum absolute atomic E-state index is 0.106. The summed E-state index contributed by atoms with van der Waals surface area (Å²) in [6, 6.07) is 14.1. The third-order valence-electron chi connectivity index (χ3n) is 6.70. The van der Waals surface area contributed by atoms with E-state index in [0.29, 0.717) is 5.39 Å². The van der Waals surface area contributed by atoms with Crippen LogP contribution in [-0.4, -0.2) is 20.4 Å². The molecule has 0 atom stereocenters. The van der Waals surface area contributed by atoms with Crippen LogP contribution in [0.25, 0.3) is 21.8 Å². The summed E-state index contributed by atoms with van der Waals surface area (Å²) in [6.07, 6.45) is 7.55. The molecule has 1 fully saturated rings. The Hall–Kier alpha value is -2.73. The van der Waals surface area contributed by atoms with Crippen LogP contribution in [0.15, 0.2) is 56.8 Å². The molecule has 6 heteroatoms. The molecule has 164 valence electrons. The molecule has 0 aliphatic heterocycles. The first-order valence-corrected chi connectivity index (χ1v) is 12.2. The number of aromatic nitrogens is 3. The Morgan fingerprint density at radius 3 is 2.69 bits per heavy atom. The Morgan fingerprint density at radius 2 is 1.91 bits per heavy atom. The number of aryl methyl sites for hydroxylation is 1.